The second-order valence-electron chi connectivity index (χ2n) is 6.86. The number of hydrogen-bond acceptors (Lipinski definition) is 7. The number of amides is 3. The summed E-state index contributed by atoms with van der Waals surface area (Å²) in [6.45, 7) is 11.0. The number of carbonyl (C=O) groups is 4. The van der Waals surface area contributed by atoms with Crippen molar-refractivity contribution in [3.8, 4) is 0 Å². The zero-order valence-electron chi connectivity index (χ0n) is 17.9. The number of rotatable bonds is 10. The van der Waals surface area contributed by atoms with Crippen molar-refractivity contribution < 1.29 is 24.0 Å². The van der Waals surface area contributed by atoms with Crippen LogP contribution < -0.4 is 5.32 Å². The van der Waals surface area contributed by atoms with E-state index in [0.29, 0.717) is 22.9 Å². The highest BCUT2D eigenvalue weighted by Crippen LogP contribution is 2.16. The van der Waals surface area contributed by atoms with Crippen molar-refractivity contribution >= 4 is 29.4 Å². The van der Waals surface area contributed by atoms with E-state index in [1.807, 2.05) is 0 Å². The van der Waals surface area contributed by atoms with Crippen molar-refractivity contribution in [2.45, 2.75) is 26.7 Å². The van der Waals surface area contributed by atoms with Crippen LogP contribution in [0.15, 0.2) is 53.1 Å². The molecule has 2 aliphatic heterocycles. The van der Waals surface area contributed by atoms with Gasteiger partial charge in [-0.15, -0.1) is 5.06 Å². The van der Waals surface area contributed by atoms with E-state index < -0.39 is 17.8 Å². The fourth-order valence-corrected chi connectivity index (χ4v) is 2.96. The summed E-state index contributed by atoms with van der Waals surface area (Å²) in [5, 5.41) is 3.34. The average Bonchev–Trinajstić information content (AvgIpc) is 3.08. The first-order valence-electron chi connectivity index (χ1n) is 10.2. The van der Waals surface area contributed by atoms with E-state index in [1.165, 1.54) is 18.2 Å². The maximum absolute atomic E-state index is 12.4. The third kappa shape index (κ3) is 6.85. The lowest BCUT2D eigenvalue weighted by Crippen LogP contribution is -2.38. The van der Waals surface area contributed by atoms with Crippen LogP contribution in [0.5, 0.6) is 0 Å². The van der Waals surface area contributed by atoms with Gasteiger partial charge in [-0.25, -0.2) is 4.79 Å². The van der Waals surface area contributed by atoms with E-state index in [4.69, 9.17) is 4.84 Å². The van der Waals surface area contributed by atoms with Gasteiger partial charge in [-0.05, 0) is 36.9 Å². The summed E-state index contributed by atoms with van der Waals surface area (Å²) in [4.78, 5) is 59.3. The number of allylic oxidation sites excluding steroid dienone is 2. The van der Waals surface area contributed by atoms with Gasteiger partial charge in [0.25, 0.3) is 17.7 Å². The number of imide groups is 1. The van der Waals surface area contributed by atoms with E-state index >= 15 is 0 Å². The molecule has 2 aliphatic rings. The summed E-state index contributed by atoms with van der Waals surface area (Å²) in [7, 11) is 0. The van der Waals surface area contributed by atoms with Gasteiger partial charge in [-0.3, -0.25) is 19.4 Å². The Bertz CT molecular complexity index is 849. The first kappa shape index (κ1) is 23.9. The molecule has 0 saturated carbocycles. The van der Waals surface area contributed by atoms with Crippen molar-refractivity contribution in [1.82, 2.24) is 15.3 Å². The molecule has 0 unspecified atom stereocenters. The molecule has 0 aliphatic carbocycles. The topological polar surface area (TPSA) is 108 Å². The highest BCUT2D eigenvalue weighted by atomic mass is 16.7. The van der Waals surface area contributed by atoms with Crippen LogP contribution in [-0.4, -0.2) is 72.1 Å². The molecule has 2 heterocycles. The first-order valence-corrected chi connectivity index (χ1v) is 10.2. The van der Waals surface area contributed by atoms with Crippen LogP contribution in [0.3, 0.4) is 0 Å². The molecule has 1 N–H and O–H groups in total. The minimum Gasteiger partial charge on any atom is -0.349 e. The van der Waals surface area contributed by atoms with E-state index in [-0.39, 0.29) is 30.9 Å². The molecule has 0 bridgehead atoms. The number of hydrogen-bond donors (Lipinski definition) is 1. The van der Waals surface area contributed by atoms with Gasteiger partial charge >= 0.3 is 5.97 Å². The van der Waals surface area contributed by atoms with Gasteiger partial charge in [-0.2, -0.15) is 0 Å². The van der Waals surface area contributed by atoms with Crippen molar-refractivity contribution in [3.05, 3.63) is 48.1 Å². The van der Waals surface area contributed by atoms with E-state index in [1.54, 1.807) is 12.2 Å². The predicted octanol–water partition coefficient (Wildman–Crippen LogP) is 1.10. The molecular weight excluding hydrogens is 400 g/mol. The second-order valence-corrected chi connectivity index (χ2v) is 6.86. The summed E-state index contributed by atoms with van der Waals surface area (Å²) >= 11 is 0. The van der Waals surface area contributed by atoms with E-state index in [2.05, 4.69) is 35.6 Å². The molecule has 1 fully saturated rings. The zero-order chi connectivity index (χ0) is 22.8. The Balaban J connectivity index is 1.96. The van der Waals surface area contributed by atoms with E-state index in [9.17, 15) is 19.2 Å². The molecule has 9 nitrogen and oxygen atoms in total. The van der Waals surface area contributed by atoms with Crippen molar-refractivity contribution in [2.24, 2.45) is 4.99 Å². The monoisotopic (exact) mass is 428 g/mol. The van der Waals surface area contributed by atoms with Crippen LogP contribution in [0, 0.1) is 0 Å². The molecule has 0 aromatic rings. The number of likely N-dealkylation sites (N-methyl/N-ethyl adjacent to an activating group) is 1. The Morgan fingerprint density at radius 2 is 1.90 bits per heavy atom. The number of aliphatic imine (C=N–C) groups is 1. The van der Waals surface area contributed by atoms with Crippen molar-refractivity contribution in [3.63, 3.8) is 0 Å². The maximum atomic E-state index is 12.4. The minimum absolute atomic E-state index is 0.0188. The highest BCUT2D eigenvalue weighted by molar-refractivity contribution is 6.43. The molecule has 0 radical (unpaired) electrons. The van der Waals surface area contributed by atoms with Crippen LogP contribution in [0.25, 0.3) is 0 Å². The third-order valence-electron chi connectivity index (χ3n) is 4.78. The summed E-state index contributed by atoms with van der Waals surface area (Å²) in [6, 6.07) is 0. The van der Waals surface area contributed by atoms with Crippen LogP contribution >= 0.6 is 0 Å². The van der Waals surface area contributed by atoms with Crippen molar-refractivity contribution in [2.75, 3.05) is 32.7 Å². The lowest BCUT2D eigenvalue weighted by atomic mass is 10.1. The molecule has 3 amide bonds. The number of nitrogens with one attached hydrogen (secondary N) is 1. The van der Waals surface area contributed by atoms with E-state index in [0.717, 1.165) is 19.6 Å². The van der Waals surface area contributed by atoms with Crippen LogP contribution in [0.2, 0.25) is 0 Å². The molecular formula is C22H28N4O5. The highest BCUT2D eigenvalue weighted by Gasteiger charge is 2.33. The lowest BCUT2D eigenvalue weighted by Gasteiger charge is -2.18. The quantitative estimate of drug-likeness (QED) is 0.317. The molecule has 9 heteroatoms. The summed E-state index contributed by atoms with van der Waals surface area (Å²) in [6.07, 6.45) is 7.62. The molecule has 1 saturated heterocycles. The summed E-state index contributed by atoms with van der Waals surface area (Å²) in [5.74, 6) is -2.21. The fraction of sp³-hybridized carbons (Fsp3) is 0.409. The molecule has 0 atom stereocenters. The fourth-order valence-electron chi connectivity index (χ4n) is 2.96. The van der Waals surface area contributed by atoms with Gasteiger partial charge in [0.15, 0.2) is 0 Å². The lowest BCUT2D eigenvalue weighted by molar-refractivity contribution is -0.194. The second kappa shape index (κ2) is 11.8. The molecule has 2 rings (SSSR count). The number of hydroxylamine groups is 2. The first-order chi connectivity index (χ1) is 14.9. The minimum atomic E-state index is -0.853. The van der Waals surface area contributed by atoms with Gasteiger partial charge in [0.05, 0.1) is 12.1 Å². The van der Waals surface area contributed by atoms with Gasteiger partial charge in [0, 0.05) is 25.9 Å². The number of dihydropyridines is 1. The Labute approximate surface area is 181 Å². The molecule has 0 spiro atoms. The van der Waals surface area contributed by atoms with Gasteiger partial charge in [0.2, 0.25) is 0 Å². The number of carbonyl (C=O) groups excluding carboxylic acids is 4. The van der Waals surface area contributed by atoms with Gasteiger partial charge in [-0.1, -0.05) is 32.6 Å². The van der Waals surface area contributed by atoms with Crippen LogP contribution in [-0.2, 0) is 24.0 Å². The Kier molecular flexibility index (Phi) is 9.08. The number of nitrogens with zero attached hydrogens (tertiary/aromatic N) is 3. The Hall–Kier alpha value is -3.33. The van der Waals surface area contributed by atoms with Gasteiger partial charge in [0.1, 0.15) is 5.71 Å². The summed E-state index contributed by atoms with van der Waals surface area (Å²) in [5.41, 5.74) is 1.06. The molecule has 31 heavy (non-hydrogen) atoms. The SMILES string of the molecule is C=C/C=C(\C=C1\C=CC(C(=O)NCCN(CC)CC)=NC1)C(=O)ON1C(=O)CCC1=O. The molecule has 0 aromatic carbocycles. The maximum Gasteiger partial charge on any atom is 0.363 e. The standard InChI is InChI=1S/C22H28N4O5/c1-4-7-17(22(30)31-26-19(27)10-11-20(26)28)14-16-8-9-18(24-15-16)21(29)23-12-13-25(5-2)6-3/h4,7-9,14H,1,5-6,10-13,15H2,2-3H3,(H,23,29)/b16-14-,17-7+. The Morgan fingerprint density at radius 3 is 2.45 bits per heavy atom. The normalized spacial score (nSPS) is 17.9. The predicted molar refractivity (Wildman–Crippen MR) is 116 cm³/mol. The molecule has 0 aromatic heterocycles. The van der Waals surface area contributed by atoms with Crippen LogP contribution in [0.1, 0.15) is 26.7 Å². The average molecular weight is 428 g/mol. The summed E-state index contributed by atoms with van der Waals surface area (Å²) < 4.78 is 0. The van der Waals surface area contributed by atoms with Crippen molar-refractivity contribution in [1.29, 1.82) is 0 Å². The smallest absolute Gasteiger partial charge is 0.349 e. The van der Waals surface area contributed by atoms with Crippen LogP contribution in [0.4, 0.5) is 0 Å². The Morgan fingerprint density at radius 1 is 1.23 bits per heavy atom. The molecule has 166 valence electrons. The third-order valence-corrected chi connectivity index (χ3v) is 4.78. The zero-order valence-corrected chi connectivity index (χ0v) is 17.9. The largest absolute Gasteiger partial charge is 0.363 e. The van der Waals surface area contributed by atoms with Gasteiger partial charge < -0.3 is 15.1 Å².